The van der Waals surface area contributed by atoms with Gasteiger partial charge in [-0.15, -0.1) is 11.3 Å². The summed E-state index contributed by atoms with van der Waals surface area (Å²) >= 11 is 1.34. The third-order valence-corrected chi connectivity index (χ3v) is 5.21. The van der Waals surface area contributed by atoms with Gasteiger partial charge in [0, 0.05) is 4.88 Å². The molecule has 0 aliphatic heterocycles. The van der Waals surface area contributed by atoms with Crippen LogP contribution in [0.15, 0.2) is 36.4 Å². The maximum absolute atomic E-state index is 10.9. The van der Waals surface area contributed by atoms with Gasteiger partial charge in [0.05, 0.1) is 0 Å². The number of carboxylic acid groups (broad SMARTS) is 1. The van der Waals surface area contributed by atoms with Gasteiger partial charge in [0.25, 0.3) is 0 Å². The Morgan fingerprint density at radius 3 is 2.30 bits per heavy atom. The van der Waals surface area contributed by atoms with E-state index in [4.69, 9.17) is 5.11 Å². The second kappa shape index (κ2) is 5.80. The summed E-state index contributed by atoms with van der Waals surface area (Å²) in [7, 11) is 0. The monoisotopic (exact) mass is 286 g/mol. The molecule has 1 heterocycles. The van der Waals surface area contributed by atoms with Crippen LogP contribution in [0, 0.1) is 0 Å². The average Bonchev–Trinajstić information content (AvgIpc) is 2.98. The van der Waals surface area contributed by atoms with Crippen LogP contribution in [0.2, 0.25) is 0 Å². The molecule has 1 saturated carbocycles. The predicted molar refractivity (Wildman–Crippen MR) is 82.5 cm³/mol. The number of hydrogen-bond donors (Lipinski definition) is 1. The van der Waals surface area contributed by atoms with Crippen LogP contribution in [0.4, 0.5) is 0 Å². The van der Waals surface area contributed by atoms with Crippen LogP contribution in [-0.4, -0.2) is 11.1 Å². The first-order chi connectivity index (χ1) is 9.74. The molecule has 20 heavy (non-hydrogen) atoms. The molecule has 0 atom stereocenters. The molecule has 2 nitrogen and oxygen atoms in total. The van der Waals surface area contributed by atoms with E-state index in [9.17, 15) is 4.79 Å². The summed E-state index contributed by atoms with van der Waals surface area (Å²) in [5, 5.41) is 8.97. The van der Waals surface area contributed by atoms with Crippen molar-refractivity contribution in [2.24, 2.45) is 0 Å². The highest BCUT2D eigenvalue weighted by Gasteiger charge is 2.15. The molecular formula is C17H18O2S. The predicted octanol–water partition coefficient (Wildman–Crippen LogP) is 5.16. The summed E-state index contributed by atoms with van der Waals surface area (Å²) in [6.45, 7) is 0. The van der Waals surface area contributed by atoms with Gasteiger partial charge in [-0.2, -0.15) is 0 Å². The van der Waals surface area contributed by atoms with Gasteiger partial charge in [-0.1, -0.05) is 43.5 Å². The third-order valence-electron chi connectivity index (χ3n) is 4.09. The van der Waals surface area contributed by atoms with Crippen molar-refractivity contribution < 1.29 is 9.90 Å². The third kappa shape index (κ3) is 2.78. The molecule has 1 fully saturated rings. The molecule has 1 N–H and O–H groups in total. The zero-order valence-corrected chi connectivity index (χ0v) is 12.2. The quantitative estimate of drug-likeness (QED) is 0.846. The number of carboxylic acids is 1. The minimum Gasteiger partial charge on any atom is -0.477 e. The van der Waals surface area contributed by atoms with E-state index >= 15 is 0 Å². The largest absolute Gasteiger partial charge is 0.477 e. The van der Waals surface area contributed by atoms with E-state index in [-0.39, 0.29) is 0 Å². The Kier molecular flexibility index (Phi) is 3.88. The first-order valence-electron chi connectivity index (χ1n) is 7.17. The normalized spacial score (nSPS) is 16.2. The molecule has 0 spiro atoms. The molecule has 1 aliphatic carbocycles. The minimum absolute atomic E-state index is 0.399. The molecule has 1 aliphatic rings. The molecular weight excluding hydrogens is 268 g/mol. The minimum atomic E-state index is -0.847. The van der Waals surface area contributed by atoms with Crippen molar-refractivity contribution in [1.29, 1.82) is 0 Å². The topological polar surface area (TPSA) is 37.3 Å². The molecule has 3 rings (SSSR count). The fraction of sp³-hybridized carbons (Fsp3) is 0.353. The zero-order chi connectivity index (χ0) is 13.9. The van der Waals surface area contributed by atoms with Gasteiger partial charge < -0.3 is 5.11 Å². The van der Waals surface area contributed by atoms with Crippen molar-refractivity contribution in [2.45, 2.75) is 38.0 Å². The van der Waals surface area contributed by atoms with Gasteiger partial charge in [-0.3, -0.25) is 0 Å². The highest BCUT2D eigenvalue weighted by atomic mass is 32.1. The van der Waals surface area contributed by atoms with Crippen molar-refractivity contribution in [3.05, 3.63) is 46.8 Å². The summed E-state index contributed by atoms with van der Waals surface area (Å²) in [6.07, 6.45) is 6.68. The van der Waals surface area contributed by atoms with Crippen LogP contribution in [-0.2, 0) is 0 Å². The lowest BCUT2D eigenvalue weighted by Gasteiger charge is -2.22. The molecule has 2 aromatic rings. The lowest BCUT2D eigenvalue weighted by molar-refractivity contribution is 0.0702. The van der Waals surface area contributed by atoms with E-state index in [2.05, 4.69) is 24.3 Å². The van der Waals surface area contributed by atoms with E-state index in [1.165, 1.54) is 49.0 Å². The number of aromatic carboxylic acids is 1. The molecule has 0 unspecified atom stereocenters. The fourth-order valence-corrected chi connectivity index (χ4v) is 3.81. The molecule has 0 amide bonds. The molecule has 0 radical (unpaired) electrons. The Bertz CT molecular complexity index is 592. The molecule has 0 bridgehead atoms. The summed E-state index contributed by atoms with van der Waals surface area (Å²) in [5.74, 6) is -0.129. The summed E-state index contributed by atoms with van der Waals surface area (Å²) in [6, 6.07) is 12.3. The SMILES string of the molecule is O=C(O)c1ccc(-c2ccc(C3CCCCC3)cc2)s1. The second-order valence-corrected chi connectivity index (χ2v) is 6.51. The van der Waals surface area contributed by atoms with Crippen LogP contribution >= 0.6 is 11.3 Å². The summed E-state index contributed by atoms with van der Waals surface area (Å²) in [5.41, 5.74) is 2.55. The van der Waals surface area contributed by atoms with Crippen molar-refractivity contribution in [3.8, 4) is 10.4 Å². The van der Waals surface area contributed by atoms with Crippen LogP contribution in [0.25, 0.3) is 10.4 Å². The van der Waals surface area contributed by atoms with Crippen LogP contribution < -0.4 is 0 Å². The molecule has 104 valence electrons. The standard InChI is InChI=1S/C17H18O2S/c18-17(19)16-11-10-15(20-16)14-8-6-13(7-9-14)12-4-2-1-3-5-12/h6-12H,1-5H2,(H,18,19). The van der Waals surface area contributed by atoms with E-state index < -0.39 is 5.97 Å². The van der Waals surface area contributed by atoms with Crippen molar-refractivity contribution in [2.75, 3.05) is 0 Å². The van der Waals surface area contributed by atoms with Gasteiger partial charge in [0.1, 0.15) is 4.88 Å². The Morgan fingerprint density at radius 2 is 1.70 bits per heavy atom. The Hall–Kier alpha value is -1.61. The lowest BCUT2D eigenvalue weighted by Crippen LogP contribution is -2.03. The summed E-state index contributed by atoms with van der Waals surface area (Å²) < 4.78 is 0. The fourth-order valence-electron chi connectivity index (χ4n) is 2.96. The zero-order valence-electron chi connectivity index (χ0n) is 11.3. The van der Waals surface area contributed by atoms with Gasteiger partial charge in [0.15, 0.2) is 0 Å². The van der Waals surface area contributed by atoms with Crippen molar-refractivity contribution in [1.82, 2.24) is 0 Å². The smallest absolute Gasteiger partial charge is 0.345 e. The van der Waals surface area contributed by atoms with Crippen molar-refractivity contribution in [3.63, 3.8) is 0 Å². The molecule has 1 aromatic carbocycles. The number of rotatable bonds is 3. The Balaban J connectivity index is 1.79. The van der Waals surface area contributed by atoms with E-state index in [1.54, 1.807) is 6.07 Å². The van der Waals surface area contributed by atoms with E-state index in [1.807, 2.05) is 6.07 Å². The maximum atomic E-state index is 10.9. The Labute approximate surface area is 123 Å². The first-order valence-corrected chi connectivity index (χ1v) is 7.99. The number of carbonyl (C=O) groups is 1. The van der Waals surface area contributed by atoms with Gasteiger partial charge in [0.2, 0.25) is 0 Å². The van der Waals surface area contributed by atoms with Gasteiger partial charge in [-0.25, -0.2) is 4.79 Å². The molecule has 3 heteroatoms. The van der Waals surface area contributed by atoms with Crippen LogP contribution in [0.3, 0.4) is 0 Å². The highest BCUT2D eigenvalue weighted by Crippen LogP contribution is 2.34. The van der Waals surface area contributed by atoms with Gasteiger partial charge in [-0.05, 0) is 42.0 Å². The van der Waals surface area contributed by atoms with Crippen LogP contribution in [0.5, 0.6) is 0 Å². The van der Waals surface area contributed by atoms with E-state index in [0.29, 0.717) is 4.88 Å². The summed E-state index contributed by atoms with van der Waals surface area (Å²) in [4.78, 5) is 12.3. The van der Waals surface area contributed by atoms with E-state index in [0.717, 1.165) is 16.4 Å². The van der Waals surface area contributed by atoms with Gasteiger partial charge >= 0.3 is 5.97 Å². The number of hydrogen-bond acceptors (Lipinski definition) is 2. The Morgan fingerprint density at radius 1 is 1.00 bits per heavy atom. The van der Waals surface area contributed by atoms with Crippen LogP contribution in [0.1, 0.15) is 53.3 Å². The molecule has 0 saturated heterocycles. The maximum Gasteiger partial charge on any atom is 0.345 e. The van der Waals surface area contributed by atoms with Crippen molar-refractivity contribution >= 4 is 17.3 Å². The number of thiophene rings is 1. The highest BCUT2D eigenvalue weighted by molar-refractivity contribution is 7.17. The number of benzene rings is 1. The lowest BCUT2D eigenvalue weighted by atomic mass is 9.84. The first kappa shape index (κ1) is 13.4. The second-order valence-electron chi connectivity index (χ2n) is 5.43. The average molecular weight is 286 g/mol. The molecule has 1 aromatic heterocycles.